The van der Waals surface area contributed by atoms with Gasteiger partial charge in [0, 0.05) is 5.69 Å². The summed E-state index contributed by atoms with van der Waals surface area (Å²) in [5, 5.41) is 3.25. The summed E-state index contributed by atoms with van der Waals surface area (Å²) in [7, 11) is 0. The molecule has 4 rings (SSSR count). The summed E-state index contributed by atoms with van der Waals surface area (Å²) in [5.74, 6) is -0.818. The number of anilines is 1. The fourth-order valence-electron chi connectivity index (χ4n) is 3.46. The van der Waals surface area contributed by atoms with Crippen LogP contribution in [0.4, 0.5) is 5.69 Å². The number of benzene rings is 2. The Balaban J connectivity index is 1.60. The van der Waals surface area contributed by atoms with Crippen molar-refractivity contribution in [1.29, 1.82) is 0 Å². The number of aromatic nitrogens is 2. The van der Waals surface area contributed by atoms with Crippen molar-refractivity contribution in [2.45, 2.75) is 33.4 Å². The SMILES string of the molecule is Cc1c(C(=O)Nc2cccc(C(=O)OC(C)C)c2)sc2ncn(Cc3ccccc3)c(=O)c12. The number of amides is 1. The van der Waals surface area contributed by atoms with E-state index < -0.39 is 5.97 Å². The Labute approximate surface area is 194 Å². The van der Waals surface area contributed by atoms with Crippen LogP contribution in [0.25, 0.3) is 10.2 Å². The topological polar surface area (TPSA) is 90.3 Å². The molecule has 0 aliphatic rings. The molecule has 2 heterocycles. The van der Waals surface area contributed by atoms with Crippen LogP contribution < -0.4 is 10.9 Å². The average Bonchev–Trinajstić information content (AvgIpc) is 3.13. The number of esters is 1. The third-order valence-corrected chi connectivity index (χ3v) is 6.22. The van der Waals surface area contributed by atoms with Crippen molar-refractivity contribution in [3.05, 3.63) is 92.8 Å². The predicted octanol–water partition coefficient (Wildman–Crippen LogP) is 4.63. The van der Waals surface area contributed by atoms with Gasteiger partial charge in [0.25, 0.3) is 11.5 Å². The summed E-state index contributed by atoms with van der Waals surface area (Å²) >= 11 is 1.17. The van der Waals surface area contributed by atoms with Crippen LogP contribution in [0.1, 0.15) is 45.0 Å². The first-order valence-electron chi connectivity index (χ1n) is 10.5. The quantitative estimate of drug-likeness (QED) is 0.423. The fraction of sp³-hybridized carbons (Fsp3) is 0.200. The van der Waals surface area contributed by atoms with E-state index in [1.54, 1.807) is 49.6 Å². The van der Waals surface area contributed by atoms with Gasteiger partial charge < -0.3 is 10.1 Å². The summed E-state index contributed by atoms with van der Waals surface area (Å²) in [6, 6.07) is 16.2. The Morgan fingerprint density at radius 1 is 1.12 bits per heavy atom. The largest absolute Gasteiger partial charge is 0.459 e. The van der Waals surface area contributed by atoms with Gasteiger partial charge in [0.05, 0.1) is 34.8 Å². The molecule has 0 fully saturated rings. The highest BCUT2D eigenvalue weighted by atomic mass is 32.1. The highest BCUT2D eigenvalue weighted by Crippen LogP contribution is 2.28. The molecule has 1 N–H and O–H groups in total. The van der Waals surface area contributed by atoms with E-state index in [2.05, 4.69) is 10.3 Å². The van der Waals surface area contributed by atoms with Crippen LogP contribution in [-0.4, -0.2) is 27.5 Å². The first-order chi connectivity index (χ1) is 15.8. The van der Waals surface area contributed by atoms with Gasteiger partial charge in [-0.3, -0.25) is 14.2 Å². The average molecular weight is 462 g/mol. The second-order valence-electron chi connectivity index (χ2n) is 7.89. The molecule has 0 unspecified atom stereocenters. The lowest BCUT2D eigenvalue weighted by molar-refractivity contribution is 0.0377. The summed E-state index contributed by atoms with van der Waals surface area (Å²) in [6.45, 7) is 5.70. The smallest absolute Gasteiger partial charge is 0.338 e. The zero-order valence-corrected chi connectivity index (χ0v) is 19.3. The van der Waals surface area contributed by atoms with Gasteiger partial charge >= 0.3 is 5.97 Å². The van der Waals surface area contributed by atoms with Crippen molar-refractivity contribution in [1.82, 2.24) is 9.55 Å². The van der Waals surface area contributed by atoms with Crippen molar-refractivity contribution < 1.29 is 14.3 Å². The van der Waals surface area contributed by atoms with Gasteiger partial charge in [-0.15, -0.1) is 11.3 Å². The predicted molar refractivity (Wildman–Crippen MR) is 129 cm³/mol. The fourth-order valence-corrected chi connectivity index (χ4v) is 4.50. The highest BCUT2D eigenvalue weighted by molar-refractivity contribution is 7.20. The normalized spacial score (nSPS) is 11.0. The molecule has 0 saturated heterocycles. The Kier molecular flexibility index (Phi) is 6.37. The molecular weight excluding hydrogens is 438 g/mol. The third kappa shape index (κ3) is 4.85. The minimum Gasteiger partial charge on any atom is -0.459 e. The van der Waals surface area contributed by atoms with Gasteiger partial charge in [-0.1, -0.05) is 36.4 Å². The molecule has 2 aromatic heterocycles. The van der Waals surface area contributed by atoms with Crippen LogP contribution in [-0.2, 0) is 11.3 Å². The Morgan fingerprint density at radius 2 is 1.88 bits per heavy atom. The van der Waals surface area contributed by atoms with Crippen LogP contribution in [0, 0.1) is 6.92 Å². The molecule has 2 aromatic carbocycles. The molecule has 0 radical (unpaired) electrons. The third-order valence-electron chi connectivity index (χ3n) is 5.02. The minimum atomic E-state index is -0.456. The molecule has 0 bridgehead atoms. The lowest BCUT2D eigenvalue weighted by atomic mass is 10.1. The van der Waals surface area contributed by atoms with Crippen molar-refractivity contribution in [3.8, 4) is 0 Å². The number of hydrogen-bond donors (Lipinski definition) is 1. The van der Waals surface area contributed by atoms with E-state index in [1.165, 1.54) is 17.7 Å². The van der Waals surface area contributed by atoms with E-state index >= 15 is 0 Å². The lowest BCUT2D eigenvalue weighted by Gasteiger charge is -2.09. The van der Waals surface area contributed by atoms with E-state index in [4.69, 9.17) is 4.74 Å². The van der Waals surface area contributed by atoms with Crippen molar-refractivity contribution >= 4 is 39.1 Å². The second-order valence-corrected chi connectivity index (χ2v) is 8.89. The van der Waals surface area contributed by atoms with Gasteiger partial charge in [-0.05, 0) is 50.1 Å². The van der Waals surface area contributed by atoms with Gasteiger partial charge in [-0.2, -0.15) is 0 Å². The van der Waals surface area contributed by atoms with Gasteiger partial charge in [0.15, 0.2) is 0 Å². The number of carbonyl (C=O) groups excluding carboxylic acids is 2. The number of carbonyl (C=O) groups is 2. The zero-order chi connectivity index (χ0) is 23.5. The minimum absolute atomic E-state index is 0.185. The maximum absolute atomic E-state index is 13.1. The summed E-state index contributed by atoms with van der Waals surface area (Å²) in [4.78, 5) is 43.6. The van der Waals surface area contributed by atoms with E-state index in [1.807, 2.05) is 30.3 Å². The number of rotatable bonds is 6. The Bertz CT molecular complexity index is 1390. The molecule has 8 heteroatoms. The van der Waals surface area contributed by atoms with Crippen molar-refractivity contribution in [3.63, 3.8) is 0 Å². The summed E-state index contributed by atoms with van der Waals surface area (Å²) in [5.41, 5.74) is 2.20. The number of fused-ring (bicyclic) bond motifs is 1. The molecule has 0 atom stereocenters. The number of aryl methyl sites for hydroxylation is 1. The summed E-state index contributed by atoms with van der Waals surface area (Å²) < 4.78 is 6.76. The first kappa shape index (κ1) is 22.4. The van der Waals surface area contributed by atoms with Crippen LogP contribution in [0.2, 0.25) is 0 Å². The van der Waals surface area contributed by atoms with Crippen LogP contribution in [0.5, 0.6) is 0 Å². The molecule has 33 heavy (non-hydrogen) atoms. The van der Waals surface area contributed by atoms with Crippen LogP contribution in [0.15, 0.2) is 65.7 Å². The zero-order valence-electron chi connectivity index (χ0n) is 18.5. The number of nitrogens with one attached hydrogen (secondary N) is 1. The maximum Gasteiger partial charge on any atom is 0.338 e. The molecule has 0 aliphatic carbocycles. The van der Waals surface area contributed by atoms with Crippen molar-refractivity contribution in [2.75, 3.05) is 5.32 Å². The molecule has 168 valence electrons. The lowest BCUT2D eigenvalue weighted by Crippen LogP contribution is -2.21. The van der Waals surface area contributed by atoms with Gasteiger partial charge in [0.1, 0.15) is 4.83 Å². The molecule has 0 saturated carbocycles. The second kappa shape index (κ2) is 9.38. The standard InChI is InChI=1S/C25H23N3O4S/c1-15(2)32-25(31)18-10-7-11-19(12-18)27-22(29)21-16(3)20-23(33-21)26-14-28(24(20)30)13-17-8-5-4-6-9-17/h4-12,14-15H,13H2,1-3H3,(H,27,29). The maximum atomic E-state index is 13.1. The monoisotopic (exact) mass is 461 g/mol. The molecular formula is C25H23N3O4S. The number of nitrogens with zero attached hydrogens (tertiary/aromatic N) is 2. The van der Waals surface area contributed by atoms with Crippen LogP contribution >= 0.6 is 11.3 Å². The Hall–Kier alpha value is -3.78. The number of hydrogen-bond acceptors (Lipinski definition) is 6. The molecule has 7 nitrogen and oxygen atoms in total. The number of thiophene rings is 1. The highest BCUT2D eigenvalue weighted by Gasteiger charge is 2.20. The van der Waals surface area contributed by atoms with Gasteiger partial charge in [0.2, 0.25) is 0 Å². The first-order valence-corrected chi connectivity index (χ1v) is 11.3. The Morgan fingerprint density at radius 3 is 2.61 bits per heavy atom. The van der Waals surface area contributed by atoms with Gasteiger partial charge in [-0.25, -0.2) is 9.78 Å². The van der Waals surface area contributed by atoms with E-state index in [9.17, 15) is 14.4 Å². The number of ether oxygens (including phenoxy) is 1. The van der Waals surface area contributed by atoms with Crippen LogP contribution in [0.3, 0.4) is 0 Å². The van der Waals surface area contributed by atoms with E-state index in [0.717, 1.165) is 5.56 Å². The summed E-state index contributed by atoms with van der Waals surface area (Å²) in [6.07, 6.45) is 1.27. The van der Waals surface area contributed by atoms with Crippen molar-refractivity contribution in [2.24, 2.45) is 0 Å². The molecule has 1 amide bonds. The van der Waals surface area contributed by atoms with E-state index in [0.29, 0.717) is 38.5 Å². The molecule has 0 spiro atoms. The van der Waals surface area contributed by atoms with E-state index in [-0.39, 0.29) is 17.6 Å². The molecule has 0 aliphatic heterocycles. The molecule has 4 aromatic rings.